The second-order valence-electron chi connectivity index (χ2n) is 5.22. The normalized spacial score (nSPS) is 22.2. The number of nitrogens with one attached hydrogen (secondary N) is 2. The molecule has 6 heteroatoms. The van der Waals surface area contributed by atoms with Gasteiger partial charge in [0, 0.05) is 36.6 Å². The molecular weight excluding hydrogens is 445 g/mol. The van der Waals surface area contributed by atoms with Crippen molar-refractivity contribution in [3.63, 3.8) is 0 Å². The maximum atomic E-state index is 5.12. The zero-order valence-corrected chi connectivity index (χ0v) is 16.5. The Morgan fingerprint density at radius 2 is 2.10 bits per heavy atom. The monoisotopic (exact) mass is 467 g/mol. The second kappa shape index (κ2) is 8.95. The lowest BCUT2D eigenvalue weighted by Gasteiger charge is -2.17. The van der Waals surface area contributed by atoms with Crippen LogP contribution in [0.3, 0.4) is 0 Å². The van der Waals surface area contributed by atoms with Crippen molar-refractivity contribution in [3.8, 4) is 0 Å². The number of hydrogen-bond donors (Lipinski definition) is 2. The first kappa shape index (κ1) is 18.7. The number of methoxy groups -OCH3 is 1. The predicted molar refractivity (Wildman–Crippen MR) is 102 cm³/mol. The van der Waals surface area contributed by atoms with E-state index in [1.54, 1.807) is 14.2 Å². The molecule has 0 radical (unpaired) electrons. The van der Waals surface area contributed by atoms with Crippen molar-refractivity contribution in [2.45, 2.75) is 31.3 Å². The van der Waals surface area contributed by atoms with Gasteiger partial charge in [0.25, 0.3) is 0 Å². The minimum atomic E-state index is 0. The van der Waals surface area contributed by atoms with Crippen LogP contribution in [0.1, 0.15) is 24.8 Å². The quantitative estimate of drug-likeness (QED) is 0.397. The lowest BCUT2D eigenvalue weighted by molar-refractivity contribution is 0.179. The van der Waals surface area contributed by atoms with E-state index in [9.17, 15) is 0 Å². The van der Waals surface area contributed by atoms with E-state index in [4.69, 9.17) is 4.74 Å². The number of halogens is 2. The molecule has 0 spiro atoms. The van der Waals surface area contributed by atoms with Crippen molar-refractivity contribution in [1.29, 1.82) is 0 Å². The molecule has 1 aliphatic rings. The Balaban J connectivity index is 0.00000220. The Kier molecular flexibility index (Phi) is 7.97. The van der Waals surface area contributed by atoms with E-state index in [1.165, 1.54) is 5.56 Å². The largest absolute Gasteiger partial charge is 0.383 e. The van der Waals surface area contributed by atoms with Gasteiger partial charge in [0.2, 0.25) is 0 Å². The Labute approximate surface area is 152 Å². The van der Waals surface area contributed by atoms with Crippen LogP contribution in [0.5, 0.6) is 0 Å². The van der Waals surface area contributed by atoms with Gasteiger partial charge in [0.05, 0.1) is 6.61 Å². The van der Waals surface area contributed by atoms with Crippen LogP contribution >= 0.6 is 39.9 Å². The average Bonchev–Trinajstić information content (AvgIpc) is 3.18. The summed E-state index contributed by atoms with van der Waals surface area (Å²) >= 11 is 3.47. The molecule has 0 heterocycles. The van der Waals surface area contributed by atoms with E-state index in [0.29, 0.717) is 18.6 Å². The van der Waals surface area contributed by atoms with E-state index >= 15 is 0 Å². The molecule has 21 heavy (non-hydrogen) atoms. The third-order valence-electron chi connectivity index (χ3n) is 3.43. The average molecular weight is 468 g/mol. The van der Waals surface area contributed by atoms with Crippen LogP contribution in [-0.2, 0) is 4.74 Å². The lowest BCUT2D eigenvalue weighted by atomic mass is 10.1. The number of aliphatic imine (C=N–C) groups is 1. The van der Waals surface area contributed by atoms with Crippen LogP contribution in [0.4, 0.5) is 0 Å². The number of benzene rings is 1. The van der Waals surface area contributed by atoms with E-state index in [-0.39, 0.29) is 30.0 Å². The summed E-state index contributed by atoms with van der Waals surface area (Å²) < 4.78 is 6.24. The molecule has 0 saturated heterocycles. The summed E-state index contributed by atoms with van der Waals surface area (Å²) in [7, 11) is 3.50. The van der Waals surface area contributed by atoms with Gasteiger partial charge in [-0.1, -0.05) is 28.1 Å². The SMILES string of the molecule is CN=C(NC(C)COC)NC1CC1c1ccc(Br)cc1.I. The molecular formula is C15H23BrIN3O. The van der Waals surface area contributed by atoms with Crippen LogP contribution < -0.4 is 10.6 Å². The van der Waals surface area contributed by atoms with E-state index in [2.05, 4.69) is 62.7 Å². The molecule has 0 aromatic heterocycles. The first-order valence-electron chi connectivity index (χ1n) is 6.88. The van der Waals surface area contributed by atoms with Gasteiger partial charge in [-0.05, 0) is 31.0 Å². The highest BCUT2D eigenvalue weighted by molar-refractivity contribution is 14.0. The fourth-order valence-electron chi connectivity index (χ4n) is 2.30. The molecule has 0 bridgehead atoms. The van der Waals surface area contributed by atoms with Crippen molar-refractivity contribution >= 4 is 45.9 Å². The standard InChI is InChI=1S/C15H22BrN3O.HI/c1-10(9-20-3)18-15(17-2)19-14-8-13(14)11-4-6-12(16)7-5-11;/h4-7,10,13-14H,8-9H2,1-3H3,(H2,17,18,19);1H. The van der Waals surface area contributed by atoms with Gasteiger partial charge >= 0.3 is 0 Å². The van der Waals surface area contributed by atoms with Gasteiger partial charge < -0.3 is 15.4 Å². The summed E-state index contributed by atoms with van der Waals surface area (Å²) in [6.07, 6.45) is 1.15. The molecule has 1 aliphatic carbocycles. The maximum absolute atomic E-state index is 5.12. The van der Waals surface area contributed by atoms with Gasteiger partial charge in [0.1, 0.15) is 0 Å². The minimum absolute atomic E-state index is 0. The Morgan fingerprint density at radius 3 is 2.67 bits per heavy atom. The molecule has 1 aromatic rings. The van der Waals surface area contributed by atoms with Crippen LogP contribution in [0.25, 0.3) is 0 Å². The molecule has 2 rings (SSSR count). The lowest BCUT2D eigenvalue weighted by Crippen LogP contribution is -2.45. The third kappa shape index (κ3) is 5.75. The molecule has 3 atom stereocenters. The van der Waals surface area contributed by atoms with Crippen molar-refractivity contribution in [3.05, 3.63) is 34.3 Å². The van der Waals surface area contributed by atoms with Gasteiger partial charge in [-0.2, -0.15) is 0 Å². The molecule has 4 nitrogen and oxygen atoms in total. The maximum Gasteiger partial charge on any atom is 0.191 e. The summed E-state index contributed by atoms with van der Waals surface area (Å²) in [5.74, 6) is 1.43. The number of nitrogens with zero attached hydrogens (tertiary/aromatic N) is 1. The zero-order chi connectivity index (χ0) is 14.5. The van der Waals surface area contributed by atoms with Crippen molar-refractivity contribution < 1.29 is 4.74 Å². The molecule has 1 aromatic carbocycles. The molecule has 2 N–H and O–H groups in total. The topological polar surface area (TPSA) is 45.7 Å². The highest BCUT2D eigenvalue weighted by Gasteiger charge is 2.39. The fourth-order valence-corrected chi connectivity index (χ4v) is 2.57. The van der Waals surface area contributed by atoms with Crippen LogP contribution in [-0.4, -0.2) is 38.8 Å². The molecule has 118 valence electrons. The summed E-state index contributed by atoms with van der Waals surface area (Å²) in [5.41, 5.74) is 1.38. The second-order valence-corrected chi connectivity index (χ2v) is 6.13. The Morgan fingerprint density at radius 1 is 1.43 bits per heavy atom. The van der Waals surface area contributed by atoms with E-state index in [0.717, 1.165) is 16.9 Å². The summed E-state index contributed by atoms with van der Waals surface area (Å²) in [6, 6.07) is 9.27. The minimum Gasteiger partial charge on any atom is -0.383 e. The Bertz CT molecular complexity index is 466. The van der Waals surface area contributed by atoms with Crippen LogP contribution in [0, 0.1) is 0 Å². The van der Waals surface area contributed by atoms with Crippen LogP contribution in [0.2, 0.25) is 0 Å². The molecule has 1 saturated carbocycles. The first-order valence-corrected chi connectivity index (χ1v) is 7.67. The summed E-state index contributed by atoms with van der Waals surface area (Å²) in [4.78, 5) is 4.26. The number of hydrogen-bond acceptors (Lipinski definition) is 2. The highest BCUT2D eigenvalue weighted by Crippen LogP contribution is 2.40. The molecule has 1 fully saturated rings. The third-order valence-corrected chi connectivity index (χ3v) is 3.96. The highest BCUT2D eigenvalue weighted by atomic mass is 127. The zero-order valence-electron chi connectivity index (χ0n) is 12.6. The van der Waals surface area contributed by atoms with Gasteiger partial charge in [-0.15, -0.1) is 24.0 Å². The number of guanidine groups is 1. The van der Waals surface area contributed by atoms with Gasteiger partial charge in [-0.3, -0.25) is 4.99 Å². The molecule has 0 amide bonds. The van der Waals surface area contributed by atoms with Gasteiger partial charge in [-0.25, -0.2) is 0 Å². The fraction of sp³-hybridized carbons (Fsp3) is 0.533. The predicted octanol–water partition coefficient (Wildman–Crippen LogP) is 3.12. The smallest absolute Gasteiger partial charge is 0.191 e. The molecule has 0 aliphatic heterocycles. The number of ether oxygens (including phenoxy) is 1. The summed E-state index contributed by atoms with van der Waals surface area (Å²) in [6.45, 7) is 2.75. The summed E-state index contributed by atoms with van der Waals surface area (Å²) in [5, 5.41) is 6.79. The Hall–Kier alpha value is -0.340. The van der Waals surface area contributed by atoms with Crippen molar-refractivity contribution in [2.24, 2.45) is 4.99 Å². The molecule has 3 unspecified atom stereocenters. The van der Waals surface area contributed by atoms with Crippen molar-refractivity contribution in [1.82, 2.24) is 10.6 Å². The van der Waals surface area contributed by atoms with E-state index in [1.807, 2.05) is 0 Å². The van der Waals surface area contributed by atoms with Crippen molar-refractivity contribution in [2.75, 3.05) is 20.8 Å². The van der Waals surface area contributed by atoms with Crippen LogP contribution in [0.15, 0.2) is 33.7 Å². The van der Waals surface area contributed by atoms with Gasteiger partial charge in [0.15, 0.2) is 5.96 Å². The first-order chi connectivity index (χ1) is 9.63. The number of rotatable bonds is 5. The van der Waals surface area contributed by atoms with E-state index < -0.39 is 0 Å².